The van der Waals surface area contributed by atoms with Gasteiger partial charge in [-0.2, -0.15) is 0 Å². The van der Waals surface area contributed by atoms with Gasteiger partial charge in [0, 0.05) is 0 Å². The van der Waals surface area contributed by atoms with Gasteiger partial charge in [-0.05, 0) is 25.0 Å². The van der Waals surface area contributed by atoms with Crippen LogP contribution in [0.15, 0.2) is 18.2 Å². The van der Waals surface area contributed by atoms with Crippen molar-refractivity contribution in [3.05, 3.63) is 23.8 Å². The fraction of sp³-hybridized carbons (Fsp3) is 0.571. The lowest BCUT2D eigenvalue weighted by Gasteiger charge is -2.15. The Kier molecular flexibility index (Phi) is 11.2. The van der Waals surface area contributed by atoms with Crippen LogP contribution >= 0.6 is 0 Å². The maximum Gasteiger partial charge on any atom is 0.412 e. The molecule has 0 aliphatic heterocycles. The molecule has 0 saturated heterocycles. The third-order valence-electron chi connectivity index (χ3n) is 4.60. The summed E-state index contributed by atoms with van der Waals surface area (Å²) in [7, 11) is 0. The predicted molar refractivity (Wildman–Crippen MR) is 108 cm³/mol. The number of anilines is 1. The summed E-state index contributed by atoms with van der Waals surface area (Å²) in [6.45, 7) is 2.18. The number of ether oxygens (including phenoxy) is 1. The van der Waals surface area contributed by atoms with Crippen LogP contribution in [-0.4, -0.2) is 39.5 Å². The van der Waals surface area contributed by atoms with Crippen molar-refractivity contribution in [2.75, 3.05) is 5.32 Å². The van der Waals surface area contributed by atoms with Gasteiger partial charge in [0.2, 0.25) is 6.10 Å². The van der Waals surface area contributed by atoms with E-state index in [1.807, 2.05) is 0 Å². The van der Waals surface area contributed by atoms with Gasteiger partial charge in [-0.3, -0.25) is 5.32 Å². The Balaban J connectivity index is 2.40. The van der Waals surface area contributed by atoms with Crippen LogP contribution in [0.25, 0.3) is 0 Å². The fourth-order valence-electron chi connectivity index (χ4n) is 2.96. The Morgan fingerprint density at radius 3 is 2.10 bits per heavy atom. The van der Waals surface area contributed by atoms with E-state index >= 15 is 0 Å². The van der Waals surface area contributed by atoms with Crippen LogP contribution in [0.4, 0.5) is 10.5 Å². The minimum Gasteiger partial charge on any atom is -0.505 e. The summed E-state index contributed by atoms with van der Waals surface area (Å²) in [5.41, 5.74) is -0.547. The molecule has 0 fully saturated rings. The van der Waals surface area contributed by atoms with Crippen LogP contribution in [0, 0.1) is 0 Å². The SMILES string of the molecule is CCCCCCCCCCCC(OC(=O)Nc1cccc(C(=O)O)c1O)C(=O)O. The van der Waals surface area contributed by atoms with Crippen LogP contribution in [0.1, 0.15) is 81.5 Å². The molecule has 1 aromatic rings. The van der Waals surface area contributed by atoms with E-state index in [1.165, 1.54) is 50.3 Å². The minimum atomic E-state index is -1.35. The number of phenols is 1. The normalized spacial score (nSPS) is 11.6. The summed E-state index contributed by atoms with van der Waals surface area (Å²) in [4.78, 5) is 34.3. The number of para-hydroxylation sites is 1. The summed E-state index contributed by atoms with van der Waals surface area (Å²) in [6, 6.07) is 3.81. The maximum atomic E-state index is 12.0. The van der Waals surface area contributed by atoms with Gasteiger partial charge in [-0.25, -0.2) is 14.4 Å². The summed E-state index contributed by atoms with van der Waals surface area (Å²) < 4.78 is 4.94. The third-order valence-corrected chi connectivity index (χ3v) is 4.60. The number of amides is 1. The molecule has 0 aliphatic rings. The first-order valence-electron chi connectivity index (χ1n) is 10.1. The lowest BCUT2D eigenvalue weighted by atomic mass is 10.1. The molecule has 29 heavy (non-hydrogen) atoms. The Labute approximate surface area is 170 Å². The second-order valence-corrected chi connectivity index (χ2v) is 6.98. The van der Waals surface area contributed by atoms with Gasteiger partial charge in [0.15, 0.2) is 5.75 Å². The van der Waals surface area contributed by atoms with E-state index < -0.39 is 29.9 Å². The molecular formula is C21H31NO7. The molecule has 0 heterocycles. The number of carboxylic acids is 2. The van der Waals surface area contributed by atoms with E-state index in [0.717, 1.165) is 19.3 Å². The quantitative estimate of drug-likeness (QED) is 0.251. The van der Waals surface area contributed by atoms with Gasteiger partial charge in [0.25, 0.3) is 0 Å². The smallest absolute Gasteiger partial charge is 0.412 e. The molecule has 1 aromatic carbocycles. The van der Waals surface area contributed by atoms with Crippen molar-refractivity contribution in [1.82, 2.24) is 0 Å². The number of hydrogen-bond donors (Lipinski definition) is 4. The molecule has 162 valence electrons. The van der Waals surface area contributed by atoms with Gasteiger partial charge in [0.1, 0.15) is 5.56 Å². The third kappa shape index (κ3) is 9.32. The van der Waals surface area contributed by atoms with Gasteiger partial charge >= 0.3 is 18.0 Å². The average Bonchev–Trinajstić information content (AvgIpc) is 2.67. The number of benzene rings is 1. The fourth-order valence-corrected chi connectivity index (χ4v) is 2.96. The largest absolute Gasteiger partial charge is 0.505 e. The van der Waals surface area contributed by atoms with Crippen molar-refractivity contribution >= 4 is 23.7 Å². The molecule has 8 heteroatoms. The molecular weight excluding hydrogens is 378 g/mol. The molecule has 1 amide bonds. The molecule has 0 radical (unpaired) electrons. The van der Waals surface area contributed by atoms with Crippen LogP contribution in [0.3, 0.4) is 0 Å². The van der Waals surface area contributed by atoms with E-state index in [9.17, 15) is 24.6 Å². The number of aromatic hydroxyl groups is 1. The number of rotatable bonds is 14. The minimum absolute atomic E-state index is 0.165. The second-order valence-electron chi connectivity index (χ2n) is 6.98. The number of unbranched alkanes of at least 4 members (excludes halogenated alkanes) is 8. The number of nitrogens with one attached hydrogen (secondary N) is 1. The van der Waals surface area contributed by atoms with E-state index in [0.29, 0.717) is 6.42 Å². The zero-order valence-electron chi connectivity index (χ0n) is 16.9. The first-order chi connectivity index (χ1) is 13.9. The van der Waals surface area contributed by atoms with E-state index in [4.69, 9.17) is 9.84 Å². The molecule has 0 aliphatic carbocycles. The highest BCUT2D eigenvalue weighted by molar-refractivity contribution is 5.96. The number of aromatic carboxylic acids is 1. The van der Waals surface area contributed by atoms with Crippen LogP contribution in [0.5, 0.6) is 5.75 Å². The zero-order valence-corrected chi connectivity index (χ0v) is 16.9. The van der Waals surface area contributed by atoms with Crippen LogP contribution in [-0.2, 0) is 9.53 Å². The van der Waals surface area contributed by atoms with Crippen LogP contribution < -0.4 is 5.32 Å². The van der Waals surface area contributed by atoms with Crippen molar-refractivity contribution in [2.24, 2.45) is 0 Å². The first kappa shape index (κ1) is 24.3. The highest BCUT2D eigenvalue weighted by atomic mass is 16.6. The van der Waals surface area contributed by atoms with Crippen molar-refractivity contribution in [1.29, 1.82) is 0 Å². The molecule has 1 rings (SSSR count). The highest BCUT2D eigenvalue weighted by Gasteiger charge is 2.23. The highest BCUT2D eigenvalue weighted by Crippen LogP contribution is 2.27. The summed E-state index contributed by atoms with van der Waals surface area (Å²) in [5, 5.41) is 30.3. The monoisotopic (exact) mass is 409 g/mol. The van der Waals surface area contributed by atoms with Gasteiger partial charge in [-0.15, -0.1) is 0 Å². The molecule has 0 spiro atoms. The Bertz CT molecular complexity index is 675. The number of hydrogen-bond acceptors (Lipinski definition) is 5. The molecule has 1 atom stereocenters. The summed E-state index contributed by atoms with van der Waals surface area (Å²) in [6.07, 6.45) is 7.59. The first-order valence-corrected chi connectivity index (χ1v) is 10.1. The number of carboxylic acid groups (broad SMARTS) is 2. The van der Waals surface area contributed by atoms with Crippen molar-refractivity contribution in [3.8, 4) is 5.75 Å². The van der Waals surface area contributed by atoms with Gasteiger partial charge in [-0.1, -0.05) is 64.4 Å². The van der Waals surface area contributed by atoms with E-state index in [2.05, 4.69) is 12.2 Å². The van der Waals surface area contributed by atoms with Crippen molar-refractivity contribution < 1.29 is 34.4 Å². The lowest BCUT2D eigenvalue weighted by Crippen LogP contribution is -2.29. The lowest BCUT2D eigenvalue weighted by molar-refractivity contribution is -0.146. The Morgan fingerprint density at radius 1 is 0.966 bits per heavy atom. The maximum absolute atomic E-state index is 12.0. The number of carbonyl (C=O) groups is 3. The molecule has 0 aromatic heterocycles. The topological polar surface area (TPSA) is 133 Å². The van der Waals surface area contributed by atoms with E-state index in [1.54, 1.807) is 0 Å². The summed E-state index contributed by atoms with van der Waals surface area (Å²) >= 11 is 0. The standard InChI is InChI=1S/C21H31NO7/c1-2-3-4-5-6-7-8-9-10-14-17(20(26)27)29-21(28)22-16-13-11-12-15(18(16)23)19(24)25/h11-13,17,23H,2-10,14H2,1H3,(H,22,28)(H,24,25)(H,26,27). The van der Waals surface area contributed by atoms with Gasteiger partial charge in [0.05, 0.1) is 5.69 Å². The summed E-state index contributed by atoms with van der Waals surface area (Å²) in [5.74, 6) is -3.22. The van der Waals surface area contributed by atoms with Crippen molar-refractivity contribution in [2.45, 2.75) is 77.2 Å². The zero-order chi connectivity index (χ0) is 21.6. The predicted octanol–water partition coefficient (Wildman–Crippen LogP) is 5.01. The Hall–Kier alpha value is -2.77. The molecule has 4 N–H and O–H groups in total. The molecule has 8 nitrogen and oxygen atoms in total. The van der Waals surface area contributed by atoms with Gasteiger partial charge < -0.3 is 20.1 Å². The molecule has 0 saturated carbocycles. The van der Waals surface area contributed by atoms with E-state index in [-0.39, 0.29) is 17.7 Å². The van der Waals surface area contributed by atoms with Crippen LogP contribution in [0.2, 0.25) is 0 Å². The number of carbonyl (C=O) groups excluding carboxylic acids is 1. The molecule has 0 bridgehead atoms. The van der Waals surface area contributed by atoms with Crippen molar-refractivity contribution in [3.63, 3.8) is 0 Å². The average molecular weight is 409 g/mol. The molecule has 1 unspecified atom stereocenters. The second kappa shape index (κ2) is 13.4. The number of aliphatic carboxylic acids is 1. The Morgan fingerprint density at radius 2 is 1.55 bits per heavy atom.